The van der Waals surface area contributed by atoms with Gasteiger partial charge in [0.2, 0.25) is 5.91 Å². The van der Waals surface area contributed by atoms with Gasteiger partial charge < -0.3 is 15.4 Å². The lowest BCUT2D eigenvalue weighted by molar-refractivity contribution is -0.134. The number of ether oxygens (including phenoxy) is 1. The van der Waals surface area contributed by atoms with E-state index in [1.54, 1.807) is 50.4 Å². The van der Waals surface area contributed by atoms with E-state index >= 15 is 0 Å². The van der Waals surface area contributed by atoms with E-state index in [9.17, 15) is 14.4 Å². The fraction of sp³-hybridized carbons (Fsp3) is 0.250. The maximum Gasteiger partial charge on any atom is 0.325 e. The molecule has 0 aromatic heterocycles. The summed E-state index contributed by atoms with van der Waals surface area (Å²) in [6.45, 7) is 1.44. The van der Waals surface area contributed by atoms with Crippen LogP contribution in [0.25, 0.3) is 0 Å². The van der Waals surface area contributed by atoms with Gasteiger partial charge in [-0.05, 0) is 30.7 Å². The van der Waals surface area contributed by atoms with Crippen LogP contribution in [0.2, 0.25) is 5.02 Å². The highest BCUT2D eigenvalue weighted by atomic mass is 35.5. The van der Waals surface area contributed by atoms with E-state index in [-0.39, 0.29) is 13.1 Å². The highest BCUT2D eigenvalue weighted by Crippen LogP contribution is 2.33. The molecule has 8 heteroatoms. The fourth-order valence-electron chi connectivity index (χ4n) is 3.07. The van der Waals surface area contributed by atoms with Gasteiger partial charge in [0, 0.05) is 17.1 Å². The summed E-state index contributed by atoms with van der Waals surface area (Å²) in [4.78, 5) is 38.4. The van der Waals surface area contributed by atoms with Crippen molar-refractivity contribution in [2.45, 2.75) is 19.0 Å². The summed E-state index contributed by atoms with van der Waals surface area (Å²) in [5.41, 5.74) is 0.00259. The number of nitrogens with one attached hydrogen (secondary N) is 2. The Balaban J connectivity index is 1.67. The van der Waals surface area contributed by atoms with E-state index in [0.717, 1.165) is 10.5 Å². The lowest BCUT2D eigenvalue weighted by Gasteiger charge is -2.23. The molecule has 0 spiro atoms. The molecule has 28 heavy (non-hydrogen) atoms. The smallest absolute Gasteiger partial charge is 0.325 e. The van der Waals surface area contributed by atoms with Gasteiger partial charge in [0.05, 0.1) is 7.11 Å². The number of halogens is 1. The number of benzene rings is 2. The predicted molar refractivity (Wildman–Crippen MR) is 104 cm³/mol. The largest absolute Gasteiger partial charge is 0.497 e. The molecule has 0 unspecified atom stereocenters. The number of rotatable bonds is 6. The number of amides is 4. The first-order valence-corrected chi connectivity index (χ1v) is 9.01. The second-order valence-corrected chi connectivity index (χ2v) is 6.96. The van der Waals surface area contributed by atoms with Gasteiger partial charge in [0.1, 0.15) is 17.8 Å². The zero-order valence-electron chi connectivity index (χ0n) is 15.5. The Morgan fingerprint density at radius 3 is 2.68 bits per heavy atom. The van der Waals surface area contributed by atoms with Crippen LogP contribution >= 0.6 is 11.6 Å². The van der Waals surface area contributed by atoms with Crippen molar-refractivity contribution in [1.82, 2.24) is 15.5 Å². The Bertz CT molecular complexity index is 933. The summed E-state index contributed by atoms with van der Waals surface area (Å²) in [6.07, 6.45) is 0. The van der Waals surface area contributed by atoms with Crippen molar-refractivity contribution in [3.8, 4) is 5.75 Å². The van der Waals surface area contributed by atoms with Crippen molar-refractivity contribution in [2.24, 2.45) is 0 Å². The molecule has 2 N–H and O–H groups in total. The van der Waals surface area contributed by atoms with E-state index in [1.807, 2.05) is 12.1 Å². The first-order valence-electron chi connectivity index (χ1n) is 8.64. The van der Waals surface area contributed by atoms with E-state index in [0.29, 0.717) is 16.3 Å². The van der Waals surface area contributed by atoms with E-state index in [2.05, 4.69) is 10.6 Å². The van der Waals surface area contributed by atoms with Gasteiger partial charge in [-0.2, -0.15) is 0 Å². The molecule has 1 heterocycles. The Kier molecular flexibility index (Phi) is 5.56. The van der Waals surface area contributed by atoms with Crippen LogP contribution in [0.5, 0.6) is 5.75 Å². The molecule has 146 valence electrons. The molecule has 7 nitrogen and oxygen atoms in total. The lowest BCUT2D eigenvalue weighted by atomic mass is 9.92. The van der Waals surface area contributed by atoms with E-state index < -0.39 is 23.4 Å². The van der Waals surface area contributed by atoms with Gasteiger partial charge in [-0.3, -0.25) is 14.5 Å². The van der Waals surface area contributed by atoms with Gasteiger partial charge in [-0.1, -0.05) is 41.9 Å². The van der Waals surface area contributed by atoms with Gasteiger partial charge in [-0.25, -0.2) is 4.79 Å². The third-order valence-corrected chi connectivity index (χ3v) is 4.94. The third kappa shape index (κ3) is 3.80. The first-order chi connectivity index (χ1) is 13.3. The third-order valence-electron chi connectivity index (χ3n) is 4.61. The summed E-state index contributed by atoms with van der Waals surface area (Å²) in [6, 6.07) is 13.4. The summed E-state index contributed by atoms with van der Waals surface area (Å²) in [7, 11) is 1.56. The molecule has 1 saturated heterocycles. The summed E-state index contributed by atoms with van der Waals surface area (Å²) in [5, 5.41) is 5.70. The van der Waals surface area contributed by atoms with Crippen molar-refractivity contribution in [1.29, 1.82) is 0 Å². The molecule has 2 aromatic rings. The van der Waals surface area contributed by atoms with Gasteiger partial charge in [-0.15, -0.1) is 0 Å². The predicted octanol–water partition coefficient (Wildman–Crippen LogP) is 2.43. The number of urea groups is 1. The number of methoxy groups -OCH3 is 1. The van der Waals surface area contributed by atoms with Crippen LogP contribution in [0.15, 0.2) is 48.5 Å². The van der Waals surface area contributed by atoms with Crippen molar-refractivity contribution in [2.75, 3.05) is 13.7 Å². The monoisotopic (exact) mass is 401 g/mol. The molecule has 4 amide bonds. The van der Waals surface area contributed by atoms with Gasteiger partial charge >= 0.3 is 6.03 Å². The Morgan fingerprint density at radius 2 is 1.96 bits per heavy atom. The van der Waals surface area contributed by atoms with Crippen LogP contribution in [0, 0.1) is 0 Å². The van der Waals surface area contributed by atoms with Gasteiger partial charge in [0.15, 0.2) is 0 Å². The summed E-state index contributed by atoms with van der Waals surface area (Å²) >= 11 is 6.19. The number of imide groups is 1. The molecule has 1 aliphatic heterocycles. The normalized spacial score (nSPS) is 18.8. The van der Waals surface area contributed by atoms with Gasteiger partial charge in [0.25, 0.3) is 5.91 Å². The van der Waals surface area contributed by atoms with Crippen LogP contribution < -0.4 is 15.4 Å². The highest BCUT2D eigenvalue weighted by Gasteiger charge is 2.50. The second kappa shape index (κ2) is 7.90. The fourth-order valence-corrected chi connectivity index (χ4v) is 3.40. The maximum atomic E-state index is 12.9. The molecule has 1 fully saturated rings. The van der Waals surface area contributed by atoms with Crippen LogP contribution in [0.4, 0.5) is 4.79 Å². The minimum absolute atomic E-state index is 0.251. The molecular weight excluding hydrogens is 382 g/mol. The maximum absolute atomic E-state index is 12.9. The second-order valence-electron chi connectivity index (χ2n) is 6.55. The topological polar surface area (TPSA) is 87.7 Å². The number of hydrogen-bond donors (Lipinski definition) is 2. The Morgan fingerprint density at radius 1 is 1.21 bits per heavy atom. The van der Waals surface area contributed by atoms with Crippen molar-refractivity contribution >= 4 is 29.4 Å². The zero-order valence-corrected chi connectivity index (χ0v) is 16.2. The quantitative estimate of drug-likeness (QED) is 0.728. The van der Waals surface area contributed by atoms with Crippen LogP contribution in [0.3, 0.4) is 0 Å². The Hall–Kier alpha value is -3.06. The summed E-state index contributed by atoms with van der Waals surface area (Å²) in [5.74, 6) is -0.298. The molecule has 2 aromatic carbocycles. The zero-order chi connectivity index (χ0) is 20.3. The molecule has 0 saturated carbocycles. The van der Waals surface area contributed by atoms with Crippen LogP contribution in [-0.2, 0) is 21.7 Å². The average Bonchev–Trinajstić information content (AvgIpc) is 2.90. The lowest BCUT2D eigenvalue weighted by Crippen LogP contribution is -2.43. The van der Waals surface area contributed by atoms with E-state index in [1.165, 1.54) is 0 Å². The minimum atomic E-state index is -1.32. The first kappa shape index (κ1) is 19.7. The molecule has 3 rings (SSSR count). The number of nitrogens with zero attached hydrogens (tertiary/aromatic N) is 1. The van der Waals surface area contributed by atoms with Crippen molar-refractivity contribution < 1.29 is 19.1 Å². The van der Waals surface area contributed by atoms with E-state index in [4.69, 9.17) is 16.3 Å². The van der Waals surface area contributed by atoms with Crippen LogP contribution in [0.1, 0.15) is 18.1 Å². The highest BCUT2D eigenvalue weighted by molar-refractivity contribution is 6.32. The standard InChI is InChI=1S/C20H20ClN3O4/c1-20(15-8-3-4-9-16(15)21)18(26)24(19(27)23-20)12-17(25)22-11-13-6-5-7-14(10-13)28-2/h3-10H,11-12H2,1-2H3,(H,22,25)(H,23,27)/t20-/m0/s1. The molecule has 1 atom stereocenters. The molecular formula is C20H20ClN3O4. The molecule has 0 bridgehead atoms. The number of carbonyl (C=O) groups is 3. The summed E-state index contributed by atoms with van der Waals surface area (Å²) < 4.78 is 5.14. The van der Waals surface area contributed by atoms with Crippen molar-refractivity contribution in [3.05, 3.63) is 64.7 Å². The van der Waals surface area contributed by atoms with Crippen LogP contribution in [-0.4, -0.2) is 36.4 Å². The average molecular weight is 402 g/mol. The number of carbonyl (C=O) groups excluding carboxylic acids is 3. The molecule has 0 radical (unpaired) electrons. The number of hydrogen-bond acceptors (Lipinski definition) is 4. The molecule has 1 aliphatic rings. The molecule has 0 aliphatic carbocycles. The van der Waals surface area contributed by atoms with Crippen molar-refractivity contribution in [3.63, 3.8) is 0 Å². The Labute approximate surface area is 167 Å². The SMILES string of the molecule is COc1cccc(CNC(=O)CN2C(=O)N[C@@](C)(c3ccccc3Cl)C2=O)c1. The minimum Gasteiger partial charge on any atom is -0.497 e.